The second kappa shape index (κ2) is 7.25. The lowest BCUT2D eigenvalue weighted by molar-refractivity contribution is 0.0735. The Morgan fingerprint density at radius 2 is 2.04 bits per heavy atom. The van der Waals surface area contributed by atoms with E-state index < -0.39 is 0 Å². The molecule has 2 amide bonds. The second-order valence-electron chi connectivity index (χ2n) is 6.60. The van der Waals surface area contributed by atoms with Gasteiger partial charge in [0.15, 0.2) is 0 Å². The van der Waals surface area contributed by atoms with Gasteiger partial charge in [0.1, 0.15) is 4.88 Å². The molecule has 0 aliphatic carbocycles. The quantitative estimate of drug-likeness (QED) is 0.718. The number of hydrogen-bond acceptors (Lipinski definition) is 5. The first kappa shape index (κ1) is 17.9. The van der Waals surface area contributed by atoms with Gasteiger partial charge in [-0.25, -0.2) is 4.98 Å². The summed E-state index contributed by atoms with van der Waals surface area (Å²) in [5, 5.41) is 5.01. The number of aryl methyl sites for hydroxylation is 2. The number of thiophene rings is 1. The van der Waals surface area contributed by atoms with Crippen molar-refractivity contribution in [3.63, 3.8) is 0 Å². The fourth-order valence-corrected chi connectivity index (χ4v) is 4.78. The lowest BCUT2D eigenvalue weighted by Crippen LogP contribution is -2.35. The predicted molar refractivity (Wildman–Crippen MR) is 109 cm³/mol. The number of nitrogens with one attached hydrogen (secondary N) is 1. The van der Waals surface area contributed by atoms with Gasteiger partial charge >= 0.3 is 0 Å². The molecule has 0 atom stereocenters. The van der Waals surface area contributed by atoms with Crippen LogP contribution in [0, 0.1) is 13.8 Å². The van der Waals surface area contributed by atoms with Crippen molar-refractivity contribution in [3.05, 3.63) is 67.3 Å². The molecule has 3 aromatic rings. The van der Waals surface area contributed by atoms with Crippen molar-refractivity contribution in [1.82, 2.24) is 9.88 Å². The number of amides is 2. The SMILES string of the molecule is Cc1ccc(C(=O)N2CCc3sccc3C2)cc1NC(=O)c1scnc1C. The predicted octanol–water partition coefficient (Wildman–Crippen LogP) is 4.27. The summed E-state index contributed by atoms with van der Waals surface area (Å²) in [5.74, 6) is -0.195. The highest BCUT2D eigenvalue weighted by Gasteiger charge is 2.23. The molecule has 4 rings (SSSR count). The summed E-state index contributed by atoms with van der Waals surface area (Å²) in [6.07, 6.45) is 0.902. The molecule has 0 saturated heterocycles. The number of carbonyl (C=O) groups excluding carboxylic acids is 2. The molecule has 27 heavy (non-hydrogen) atoms. The molecule has 0 fully saturated rings. The van der Waals surface area contributed by atoms with E-state index in [1.807, 2.05) is 30.9 Å². The Morgan fingerprint density at radius 3 is 2.81 bits per heavy atom. The van der Waals surface area contributed by atoms with Gasteiger partial charge in [-0.05, 0) is 55.0 Å². The van der Waals surface area contributed by atoms with Crippen LogP contribution in [0.2, 0.25) is 0 Å². The fourth-order valence-electron chi connectivity index (χ4n) is 3.19. The Morgan fingerprint density at radius 1 is 1.19 bits per heavy atom. The number of anilines is 1. The van der Waals surface area contributed by atoms with Crippen LogP contribution in [-0.4, -0.2) is 28.2 Å². The Balaban J connectivity index is 1.54. The normalized spacial score (nSPS) is 13.3. The molecule has 138 valence electrons. The lowest BCUT2D eigenvalue weighted by Gasteiger charge is -2.27. The average molecular weight is 398 g/mol. The van der Waals surface area contributed by atoms with E-state index in [0.717, 1.165) is 18.5 Å². The number of fused-ring (bicyclic) bond motifs is 1. The van der Waals surface area contributed by atoms with Gasteiger partial charge < -0.3 is 10.2 Å². The van der Waals surface area contributed by atoms with E-state index in [-0.39, 0.29) is 11.8 Å². The Hall–Kier alpha value is -2.51. The molecule has 5 nitrogen and oxygen atoms in total. The summed E-state index contributed by atoms with van der Waals surface area (Å²) in [6.45, 7) is 5.10. The van der Waals surface area contributed by atoms with Crippen LogP contribution in [0.25, 0.3) is 0 Å². The monoisotopic (exact) mass is 397 g/mol. The minimum Gasteiger partial charge on any atom is -0.334 e. The largest absolute Gasteiger partial charge is 0.334 e. The second-order valence-corrected chi connectivity index (χ2v) is 8.45. The van der Waals surface area contributed by atoms with E-state index in [9.17, 15) is 9.59 Å². The van der Waals surface area contributed by atoms with Crippen LogP contribution in [0.5, 0.6) is 0 Å². The first-order valence-electron chi connectivity index (χ1n) is 8.69. The van der Waals surface area contributed by atoms with Gasteiger partial charge in [0.05, 0.1) is 11.2 Å². The molecule has 1 aliphatic rings. The van der Waals surface area contributed by atoms with Crippen LogP contribution in [0.3, 0.4) is 0 Å². The highest BCUT2D eigenvalue weighted by atomic mass is 32.1. The summed E-state index contributed by atoms with van der Waals surface area (Å²) in [6, 6.07) is 7.57. The van der Waals surface area contributed by atoms with Crippen molar-refractivity contribution in [2.24, 2.45) is 0 Å². The number of rotatable bonds is 3. The number of hydrogen-bond donors (Lipinski definition) is 1. The fraction of sp³-hybridized carbons (Fsp3) is 0.250. The molecule has 7 heteroatoms. The van der Waals surface area contributed by atoms with Crippen LogP contribution in [0.15, 0.2) is 35.2 Å². The third-order valence-corrected chi connectivity index (χ3v) is 6.73. The maximum atomic E-state index is 13.0. The maximum absolute atomic E-state index is 13.0. The van der Waals surface area contributed by atoms with Gasteiger partial charge in [-0.3, -0.25) is 9.59 Å². The van der Waals surface area contributed by atoms with Crippen molar-refractivity contribution in [3.8, 4) is 0 Å². The van der Waals surface area contributed by atoms with Crippen molar-refractivity contribution in [2.45, 2.75) is 26.8 Å². The standard InChI is InChI=1S/C20H19N3O2S2/c1-12-3-4-14(9-16(12)22-19(24)18-13(2)21-11-27-18)20(25)23-7-5-17-15(10-23)6-8-26-17/h3-4,6,8-9,11H,5,7,10H2,1-2H3,(H,22,24). The van der Waals surface area contributed by atoms with E-state index in [2.05, 4.69) is 21.7 Å². The van der Waals surface area contributed by atoms with Crippen LogP contribution >= 0.6 is 22.7 Å². The first-order valence-corrected chi connectivity index (χ1v) is 10.5. The molecule has 0 radical (unpaired) electrons. The van der Waals surface area contributed by atoms with Crippen molar-refractivity contribution in [1.29, 1.82) is 0 Å². The summed E-state index contributed by atoms with van der Waals surface area (Å²) >= 11 is 3.07. The molecule has 1 aliphatic heterocycles. The molecular formula is C20H19N3O2S2. The number of aromatic nitrogens is 1. The zero-order chi connectivity index (χ0) is 19.0. The van der Waals surface area contributed by atoms with E-state index in [0.29, 0.717) is 28.4 Å². The summed E-state index contributed by atoms with van der Waals surface area (Å²) in [4.78, 5) is 33.4. The third kappa shape index (κ3) is 3.52. The highest BCUT2D eigenvalue weighted by molar-refractivity contribution is 7.12. The maximum Gasteiger partial charge on any atom is 0.267 e. The third-order valence-electron chi connectivity index (χ3n) is 4.78. The van der Waals surface area contributed by atoms with Crippen molar-refractivity contribution >= 4 is 40.2 Å². The van der Waals surface area contributed by atoms with Crippen LogP contribution < -0.4 is 5.32 Å². The first-order chi connectivity index (χ1) is 13.0. The molecule has 0 saturated carbocycles. The van der Waals surface area contributed by atoms with Gasteiger partial charge in [0.2, 0.25) is 0 Å². The van der Waals surface area contributed by atoms with Crippen LogP contribution in [-0.2, 0) is 13.0 Å². The Bertz CT molecular complexity index is 1020. The molecule has 1 N–H and O–H groups in total. The Labute approximate surface area is 165 Å². The number of benzene rings is 1. The van der Waals surface area contributed by atoms with Crippen LogP contribution in [0.1, 0.15) is 41.7 Å². The van der Waals surface area contributed by atoms with Gasteiger partial charge in [-0.2, -0.15) is 0 Å². The zero-order valence-corrected chi connectivity index (χ0v) is 16.7. The zero-order valence-electron chi connectivity index (χ0n) is 15.1. The molecule has 0 bridgehead atoms. The minimum atomic E-state index is -0.191. The summed E-state index contributed by atoms with van der Waals surface area (Å²) < 4.78 is 0. The van der Waals surface area contributed by atoms with E-state index >= 15 is 0 Å². The topological polar surface area (TPSA) is 62.3 Å². The van der Waals surface area contributed by atoms with E-state index in [1.54, 1.807) is 22.9 Å². The van der Waals surface area contributed by atoms with E-state index in [4.69, 9.17) is 0 Å². The lowest BCUT2D eigenvalue weighted by atomic mass is 10.1. The number of carbonyl (C=O) groups is 2. The molecular weight excluding hydrogens is 378 g/mol. The average Bonchev–Trinajstić information content (AvgIpc) is 3.30. The summed E-state index contributed by atoms with van der Waals surface area (Å²) in [7, 11) is 0. The molecule has 2 aromatic heterocycles. The highest BCUT2D eigenvalue weighted by Crippen LogP contribution is 2.26. The van der Waals surface area contributed by atoms with Gasteiger partial charge in [-0.15, -0.1) is 22.7 Å². The smallest absolute Gasteiger partial charge is 0.267 e. The number of nitrogens with zero attached hydrogens (tertiary/aromatic N) is 2. The van der Waals surface area contributed by atoms with Gasteiger partial charge in [0, 0.05) is 29.2 Å². The van der Waals surface area contributed by atoms with Crippen molar-refractivity contribution < 1.29 is 9.59 Å². The molecule has 3 heterocycles. The minimum absolute atomic E-state index is 0.00341. The van der Waals surface area contributed by atoms with Crippen LogP contribution in [0.4, 0.5) is 5.69 Å². The molecule has 0 spiro atoms. The van der Waals surface area contributed by atoms with Gasteiger partial charge in [-0.1, -0.05) is 6.07 Å². The molecule has 1 aromatic carbocycles. The Kier molecular flexibility index (Phi) is 4.80. The van der Waals surface area contributed by atoms with Gasteiger partial charge in [0.25, 0.3) is 11.8 Å². The van der Waals surface area contributed by atoms with Crippen molar-refractivity contribution in [2.75, 3.05) is 11.9 Å². The summed E-state index contributed by atoms with van der Waals surface area (Å²) in [5.41, 5.74) is 5.78. The number of thiazole rings is 1. The molecule has 0 unspecified atom stereocenters. The van der Waals surface area contributed by atoms with E-state index in [1.165, 1.54) is 21.8 Å².